The smallest absolute Gasteiger partial charge is 0.287 e. The molecule has 0 aliphatic heterocycles. The van der Waals surface area contributed by atoms with Crippen LogP contribution in [0.4, 0.5) is 5.69 Å². The zero-order chi connectivity index (χ0) is 19.9. The van der Waals surface area contributed by atoms with Gasteiger partial charge in [-0.15, -0.1) is 0 Å². The van der Waals surface area contributed by atoms with E-state index in [0.717, 1.165) is 47.5 Å². The number of benzene rings is 1. The van der Waals surface area contributed by atoms with Gasteiger partial charge in [-0.25, -0.2) is 0 Å². The number of nitrogens with zero attached hydrogens (tertiary/aromatic N) is 1. The fourth-order valence-electron chi connectivity index (χ4n) is 3.14. The monoisotopic (exact) mass is 400 g/mol. The van der Waals surface area contributed by atoms with Crippen LogP contribution >= 0.6 is 12.2 Å². The number of nitrogens with one attached hydrogen (secondary N) is 3. The summed E-state index contributed by atoms with van der Waals surface area (Å²) in [7, 11) is 1.59. The molecule has 1 amide bonds. The van der Waals surface area contributed by atoms with Crippen LogP contribution in [0.15, 0.2) is 39.9 Å². The SMILES string of the molecule is COCCNC(=O)c1oc2c(c1C)/C(=N/NC(=S)Nc1ccccc1)CCC2. The molecule has 2 aromatic rings. The summed E-state index contributed by atoms with van der Waals surface area (Å²) in [6, 6.07) is 9.65. The molecule has 3 N–H and O–H groups in total. The lowest BCUT2D eigenvalue weighted by atomic mass is 9.93. The van der Waals surface area contributed by atoms with Crippen molar-refractivity contribution in [2.24, 2.45) is 5.10 Å². The lowest BCUT2D eigenvalue weighted by molar-refractivity contribution is 0.0907. The highest BCUT2D eigenvalue weighted by Crippen LogP contribution is 2.29. The first-order valence-electron chi connectivity index (χ1n) is 9.18. The van der Waals surface area contributed by atoms with Crippen LogP contribution in [-0.2, 0) is 11.2 Å². The van der Waals surface area contributed by atoms with Gasteiger partial charge in [0.1, 0.15) is 5.76 Å². The molecule has 0 spiro atoms. The summed E-state index contributed by atoms with van der Waals surface area (Å²) in [5.41, 5.74) is 6.33. The second-order valence-corrected chi connectivity index (χ2v) is 6.86. The van der Waals surface area contributed by atoms with Crippen LogP contribution in [-0.4, -0.2) is 37.0 Å². The summed E-state index contributed by atoms with van der Waals surface area (Å²) in [6.07, 6.45) is 2.48. The fourth-order valence-corrected chi connectivity index (χ4v) is 3.31. The van der Waals surface area contributed by atoms with Crippen molar-refractivity contribution in [3.05, 3.63) is 53.0 Å². The highest BCUT2D eigenvalue weighted by Gasteiger charge is 2.27. The Labute approximate surface area is 169 Å². The number of aryl methyl sites for hydroxylation is 1. The number of furan rings is 1. The minimum Gasteiger partial charge on any atom is -0.455 e. The summed E-state index contributed by atoms with van der Waals surface area (Å²) in [5, 5.41) is 10.8. The summed E-state index contributed by atoms with van der Waals surface area (Å²) in [6.45, 7) is 2.77. The third kappa shape index (κ3) is 4.76. The second kappa shape index (κ2) is 9.48. The number of hydrazone groups is 1. The van der Waals surface area contributed by atoms with Crippen molar-refractivity contribution in [2.75, 3.05) is 25.6 Å². The Morgan fingerprint density at radius 3 is 2.82 bits per heavy atom. The molecule has 28 heavy (non-hydrogen) atoms. The van der Waals surface area contributed by atoms with Gasteiger partial charge in [0.2, 0.25) is 0 Å². The van der Waals surface area contributed by atoms with E-state index in [4.69, 9.17) is 21.4 Å². The molecule has 0 saturated heterocycles. The van der Waals surface area contributed by atoms with Gasteiger partial charge >= 0.3 is 0 Å². The van der Waals surface area contributed by atoms with Gasteiger partial charge in [0.05, 0.1) is 12.3 Å². The molecule has 0 fully saturated rings. The molecule has 0 saturated carbocycles. The first-order valence-corrected chi connectivity index (χ1v) is 9.59. The van der Waals surface area contributed by atoms with Crippen molar-refractivity contribution in [2.45, 2.75) is 26.2 Å². The molecule has 7 nitrogen and oxygen atoms in total. The molecular weight excluding hydrogens is 376 g/mol. The topological polar surface area (TPSA) is 87.9 Å². The van der Waals surface area contributed by atoms with Crippen LogP contribution in [0.5, 0.6) is 0 Å². The van der Waals surface area contributed by atoms with Crippen molar-refractivity contribution < 1.29 is 13.9 Å². The van der Waals surface area contributed by atoms with E-state index in [-0.39, 0.29) is 5.91 Å². The number of hydrogen-bond donors (Lipinski definition) is 3. The average Bonchev–Trinajstić information content (AvgIpc) is 3.05. The van der Waals surface area contributed by atoms with Gasteiger partial charge in [-0.1, -0.05) is 18.2 Å². The van der Waals surface area contributed by atoms with Crippen LogP contribution in [0.25, 0.3) is 0 Å². The van der Waals surface area contributed by atoms with E-state index in [1.165, 1.54) is 0 Å². The molecule has 0 radical (unpaired) electrons. The molecule has 1 heterocycles. The van der Waals surface area contributed by atoms with Gasteiger partial charge < -0.3 is 19.8 Å². The number of rotatable bonds is 6. The van der Waals surface area contributed by atoms with Gasteiger partial charge in [0, 0.05) is 36.9 Å². The first-order chi connectivity index (χ1) is 13.6. The standard InChI is InChI=1S/C20H24N4O3S/c1-13-17-15(23-24-20(28)22-14-7-4-3-5-8-14)9-6-10-16(17)27-18(13)19(25)21-11-12-26-2/h3-5,7-8H,6,9-12H2,1-2H3,(H,21,25)(H2,22,24,28)/b23-15+. The highest BCUT2D eigenvalue weighted by molar-refractivity contribution is 7.80. The summed E-state index contributed by atoms with van der Waals surface area (Å²) in [4.78, 5) is 12.4. The maximum absolute atomic E-state index is 12.4. The Bertz CT molecular complexity index is 877. The van der Waals surface area contributed by atoms with Gasteiger partial charge in [0.25, 0.3) is 5.91 Å². The minimum absolute atomic E-state index is 0.238. The number of ether oxygens (including phenoxy) is 1. The number of carbonyl (C=O) groups excluding carboxylic acids is 1. The molecule has 8 heteroatoms. The number of methoxy groups -OCH3 is 1. The molecule has 3 rings (SSSR count). The van der Waals surface area contributed by atoms with E-state index in [2.05, 4.69) is 21.2 Å². The van der Waals surface area contributed by atoms with E-state index in [0.29, 0.717) is 24.0 Å². The van der Waals surface area contributed by atoms with Gasteiger partial charge in [0.15, 0.2) is 10.9 Å². The second-order valence-electron chi connectivity index (χ2n) is 6.45. The quantitative estimate of drug-likeness (QED) is 0.393. The molecule has 0 unspecified atom stereocenters. The average molecular weight is 401 g/mol. The number of amides is 1. The number of fused-ring (bicyclic) bond motifs is 1. The molecule has 1 aliphatic rings. The maximum Gasteiger partial charge on any atom is 0.287 e. The van der Waals surface area contributed by atoms with Crippen molar-refractivity contribution in [1.29, 1.82) is 0 Å². The molecular formula is C20H24N4O3S. The van der Waals surface area contributed by atoms with Gasteiger partial charge in [-0.05, 0) is 44.1 Å². The van der Waals surface area contributed by atoms with Crippen molar-refractivity contribution in [3.8, 4) is 0 Å². The predicted molar refractivity (Wildman–Crippen MR) is 113 cm³/mol. The number of thiocarbonyl (C=S) groups is 1. The molecule has 1 aromatic heterocycles. The van der Waals surface area contributed by atoms with Crippen molar-refractivity contribution in [3.63, 3.8) is 0 Å². The lowest BCUT2D eigenvalue weighted by Crippen LogP contribution is -2.27. The summed E-state index contributed by atoms with van der Waals surface area (Å²) >= 11 is 5.31. The van der Waals surface area contributed by atoms with Crippen LogP contribution < -0.4 is 16.1 Å². The normalized spacial score (nSPS) is 14.4. The molecule has 1 aromatic carbocycles. The predicted octanol–water partition coefficient (Wildman–Crippen LogP) is 2.99. The lowest BCUT2D eigenvalue weighted by Gasteiger charge is -2.14. The molecule has 148 valence electrons. The Kier molecular flexibility index (Phi) is 6.78. The zero-order valence-electron chi connectivity index (χ0n) is 16.0. The Morgan fingerprint density at radius 1 is 1.29 bits per heavy atom. The van der Waals surface area contributed by atoms with E-state index >= 15 is 0 Å². The third-order valence-electron chi connectivity index (χ3n) is 4.45. The number of hydrogen-bond acceptors (Lipinski definition) is 5. The molecule has 1 aliphatic carbocycles. The van der Waals surface area contributed by atoms with Crippen molar-refractivity contribution in [1.82, 2.24) is 10.7 Å². The molecule has 0 bridgehead atoms. The van der Waals surface area contributed by atoms with E-state index < -0.39 is 0 Å². The van der Waals surface area contributed by atoms with E-state index in [1.807, 2.05) is 37.3 Å². The van der Waals surface area contributed by atoms with Crippen LogP contribution in [0.1, 0.15) is 40.3 Å². The summed E-state index contributed by atoms with van der Waals surface area (Å²) in [5.74, 6) is 0.890. The Morgan fingerprint density at radius 2 is 2.07 bits per heavy atom. The van der Waals surface area contributed by atoms with Gasteiger partial charge in [-0.2, -0.15) is 5.10 Å². The van der Waals surface area contributed by atoms with Crippen molar-refractivity contribution >= 4 is 34.6 Å². The third-order valence-corrected chi connectivity index (χ3v) is 4.64. The number of para-hydroxylation sites is 1. The largest absolute Gasteiger partial charge is 0.455 e. The minimum atomic E-state index is -0.238. The Balaban J connectivity index is 1.72. The number of anilines is 1. The summed E-state index contributed by atoms with van der Waals surface area (Å²) < 4.78 is 10.8. The zero-order valence-corrected chi connectivity index (χ0v) is 16.8. The maximum atomic E-state index is 12.4. The highest BCUT2D eigenvalue weighted by atomic mass is 32.1. The number of carbonyl (C=O) groups is 1. The van der Waals surface area contributed by atoms with Crippen LogP contribution in [0.3, 0.4) is 0 Å². The fraction of sp³-hybridized carbons (Fsp3) is 0.350. The van der Waals surface area contributed by atoms with Gasteiger partial charge in [-0.3, -0.25) is 10.2 Å². The van der Waals surface area contributed by atoms with E-state index in [1.54, 1.807) is 7.11 Å². The van der Waals surface area contributed by atoms with Crippen LogP contribution in [0, 0.1) is 6.92 Å². The first kappa shape index (κ1) is 20.0. The van der Waals surface area contributed by atoms with E-state index in [9.17, 15) is 4.79 Å². The molecule has 0 atom stereocenters. The van der Waals surface area contributed by atoms with Crippen LogP contribution in [0.2, 0.25) is 0 Å². The Hall–Kier alpha value is -2.71.